The van der Waals surface area contributed by atoms with Crippen molar-refractivity contribution in [1.82, 2.24) is 0 Å². The van der Waals surface area contributed by atoms with Gasteiger partial charge in [0.1, 0.15) is 0 Å². The number of aliphatic hydroxyl groups is 1. The van der Waals surface area contributed by atoms with Gasteiger partial charge in [-0.15, -0.1) is 0 Å². The smallest absolute Gasteiger partial charge is 0.201 e. The van der Waals surface area contributed by atoms with Gasteiger partial charge in [0, 0.05) is 6.42 Å². The van der Waals surface area contributed by atoms with Crippen molar-refractivity contribution in [3.05, 3.63) is 35.9 Å². The van der Waals surface area contributed by atoms with E-state index in [2.05, 4.69) is 0 Å². The van der Waals surface area contributed by atoms with Gasteiger partial charge in [-0.3, -0.25) is 4.79 Å². The minimum atomic E-state index is -0.544. The Morgan fingerprint density at radius 3 is 2.62 bits per heavy atom. The zero-order valence-electron chi connectivity index (χ0n) is 7.44. The van der Waals surface area contributed by atoms with Crippen LogP contribution in [0.4, 0.5) is 0 Å². The summed E-state index contributed by atoms with van der Waals surface area (Å²) in [6, 6.07) is 9.91. The number of rotatable bonds is 5. The first-order chi connectivity index (χ1) is 6.33. The second-order valence-electron chi connectivity index (χ2n) is 3.03. The van der Waals surface area contributed by atoms with Crippen LogP contribution in [-0.4, -0.2) is 17.5 Å². The third-order valence-electron chi connectivity index (χ3n) is 1.93. The molecule has 0 heterocycles. The molecule has 0 unspecified atom stereocenters. The van der Waals surface area contributed by atoms with Crippen molar-refractivity contribution in [3.63, 3.8) is 0 Å². The van der Waals surface area contributed by atoms with Gasteiger partial charge in [0.2, 0.25) is 6.29 Å². The van der Waals surface area contributed by atoms with Crippen LogP contribution in [0.2, 0.25) is 0 Å². The second kappa shape index (κ2) is 5.49. The summed E-state index contributed by atoms with van der Waals surface area (Å²) in [5.74, 6) is 0. The van der Waals surface area contributed by atoms with E-state index in [9.17, 15) is 9.90 Å². The number of hydrogen-bond donors (Lipinski definition) is 1. The molecule has 13 heavy (non-hydrogen) atoms. The second-order valence-corrected chi connectivity index (χ2v) is 3.03. The van der Waals surface area contributed by atoms with Crippen molar-refractivity contribution in [3.8, 4) is 0 Å². The average Bonchev–Trinajstić information content (AvgIpc) is 2.17. The van der Waals surface area contributed by atoms with Crippen molar-refractivity contribution < 1.29 is 9.90 Å². The molecule has 1 rings (SSSR count). The van der Waals surface area contributed by atoms with Crippen molar-refractivity contribution in [2.75, 3.05) is 0 Å². The fourth-order valence-corrected chi connectivity index (χ4v) is 1.18. The molecule has 2 nitrogen and oxygen atoms in total. The molecule has 1 radical (unpaired) electrons. The number of aliphatic hydroxyl groups excluding tert-OH is 1. The van der Waals surface area contributed by atoms with Gasteiger partial charge in [0.25, 0.3) is 0 Å². The van der Waals surface area contributed by atoms with Crippen LogP contribution in [0, 0.1) is 0 Å². The predicted molar refractivity (Wildman–Crippen MR) is 51.1 cm³/mol. The fraction of sp³-hybridized carbons (Fsp3) is 0.364. The van der Waals surface area contributed by atoms with Crippen LogP contribution >= 0.6 is 0 Å². The van der Waals surface area contributed by atoms with E-state index < -0.39 is 6.10 Å². The maximum atomic E-state index is 9.94. The SMILES string of the molecule is O=[C]C[C@H](O)CCc1ccccc1. The lowest BCUT2D eigenvalue weighted by atomic mass is 10.1. The van der Waals surface area contributed by atoms with E-state index in [0.29, 0.717) is 6.42 Å². The molecule has 0 aliphatic heterocycles. The molecule has 0 saturated carbocycles. The average molecular weight is 177 g/mol. The number of carbonyl (C=O) groups excluding carboxylic acids is 1. The van der Waals surface area contributed by atoms with Crippen LogP contribution in [0.15, 0.2) is 30.3 Å². The van der Waals surface area contributed by atoms with Crippen molar-refractivity contribution in [2.24, 2.45) is 0 Å². The highest BCUT2D eigenvalue weighted by Crippen LogP contribution is 2.05. The van der Waals surface area contributed by atoms with Crippen LogP contribution < -0.4 is 0 Å². The first kappa shape index (κ1) is 9.93. The molecule has 0 fully saturated rings. The van der Waals surface area contributed by atoms with Crippen LogP contribution in [0.25, 0.3) is 0 Å². The summed E-state index contributed by atoms with van der Waals surface area (Å²) in [6.07, 6.45) is 2.71. The van der Waals surface area contributed by atoms with E-state index in [1.807, 2.05) is 30.3 Å². The maximum Gasteiger partial charge on any atom is 0.201 e. The summed E-state index contributed by atoms with van der Waals surface area (Å²) in [5.41, 5.74) is 1.19. The van der Waals surface area contributed by atoms with Gasteiger partial charge in [-0.2, -0.15) is 0 Å². The Balaban J connectivity index is 2.30. The van der Waals surface area contributed by atoms with Gasteiger partial charge in [0.15, 0.2) is 0 Å². The Labute approximate surface area is 78.2 Å². The summed E-state index contributed by atoms with van der Waals surface area (Å²) in [7, 11) is 0. The summed E-state index contributed by atoms with van der Waals surface area (Å²) >= 11 is 0. The zero-order chi connectivity index (χ0) is 9.52. The maximum absolute atomic E-state index is 9.94. The van der Waals surface area contributed by atoms with Gasteiger partial charge < -0.3 is 5.11 Å². The molecule has 2 heteroatoms. The molecule has 0 aliphatic carbocycles. The molecule has 1 aromatic carbocycles. The minimum absolute atomic E-state index is 0.118. The van der Waals surface area contributed by atoms with Gasteiger partial charge in [0.05, 0.1) is 6.10 Å². The van der Waals surface area contributed by atoms with Crippen molar-refractivity contribution >= 4 is 6.29 Å². The van der Waals surface area contributed by atoms with E-state index in [1.165, 1.54) is 5.56 Å². The largest absolute Gasteiger partial charge is 0.393 e. The third kappa shape index (κ3) is 3.85. The predicted octanol–water partition coefficient (Wildman–Crippen LogP) is 1.48. The van der Waals surface area contributed by atoms with Gasteiger partial charge >= 0.3 is 0 Å². The first-order valence-electron chi connectivity index (χ1n) is 4.40. The molecule has 1 N–H and O–H groups in total. The molecule has 0 spiro atoms. The van der Waals surface area contributed by atoms with Gasteiger partial charge in [-0.1, -0.05) is 30.3 Å². The monoisotopic (exact) mass is 177 g/mol. The molecule has 0 saturated heterocycles. The first-order valence-corrected chi connectivity index (χ1v) is 4.40. The van der Waals surface area contributed by atoms with Crippen LogP contribution in [0.3, 0.4) is 0 Å². The van der Waals surface area contributed by atoms with Crippen LogP contribution in [0.1, 0.15) is 18.4 Å². The topological polar surface area (TPSA) is 37.3 Å². The standard InChI is InChI=1S/C11H13O2/c12-9-8-11(13)7-6-10-4-2-1-3-5-10/h1-5,11,13H,6-8H2/t11-/m1/s1. The quantitative estimate of drug-likeness (QED) is 0.739. The summed E-state index contributed by atoms with van der Waals surface area (Å²) in [4.78, 5) is 9.94. The highest BCUT2D eigenvalue weighted by atomic mass is 16.3. The molecule has 1 aromatic rings. The van der Waals surface area contributed by atoms with Crippen molar-refractivity contribution in [2.45, 2.75) is 25.4 Å². The lowest BCUT2D eigenvalue weighted by molar-refractivity contribution is 0.171. The van der Waals surface area contributed by atoms with E-state index in [-0.39, 0.29) is 6.42 Å². The molecule has 0 aromatic heterocycles. The van der Waals surface area contributed by atoms with Crippen molar-refractivity contribution in [1.29, 1.82) is 0 Å². The Kier molecular flexibility index (Phi) is 4.19. The number of aryl methyl sites for hydroxylation is 1. The molecule has 0 bridgehead atoms. The van der Waals surface area contributed by atoms with E-state index in [4.69, 9.17) is 0 Å². The molecule has 0 amide bonds. The normalized spacial score (nSPS) is 12.4. The third-order valence-corrected chi connectivity index (χ3v) is 1.93. The summed E-state index contributed by atoms with van der Waals surface area (Å²) in [6.45, 7) is 0. The highest BCUT2D eigenvalue weighted by molar-refractivity contribution is 5.51. The number of hydrogen-bond acceptors (Lipinski definition) is 2. The molecule has 1 atom stereocenters. The molecular formula is C11H13O2. The zero-order valence-corrected chi connectivity index (χ0v) is 7.44. The lowest BCUT2D eigenvalue weighted by Crippen LogP contribution is -2.08. The molecular weight excluding hydrogens is 164 g/mol. The summed E-state index contributed by atoms with van der Waals surface area (Å²) in [5, 5.41) is 9.25. The van der Waals surface area contributed by atoms with Gasteiger partial charge in [-0.05, 0) is 18.4 Å². The van der Waals surface area contributed by atoms with Crippen LogP contribution in [0.5, 0.6) is 0 Å². The minimum Gasteiger partial charge on any atom is -0.393 e. The molecule has 0 aliphatic rings. The Bertz CT molecular complexity index is 244. The van der Waals surface area contributed by atoms with Gasteiger partial charge in [-0.25, -0.2) is 0 Å². The Morgan fingerprint density at radius 1 is 1.31 bits per heavy atom. The van der Waals surface area contributed by atoms with Crippen LogP contribution in [-0.2, 0) is 11.2 Å². The van der Waals surface area contributed by atoms with E-state index >= 15 is 0 Å². The fourth-order valence-electron chi connectivity index (χ4n) is 1.18. The lowest BCUT2D eigenvalue weighted by Gasteiger charge is -2.05. The summed E-state index contributed by atoms with van der Waals surface area (Å²) < 4.78 is 0. The Morgan fingerprint density at radius 2 is 2.00 bits per heavy atom. The molecule has 69 valence electrons. The van der Waals surface area contributed by atoms with E-state index in [1.54, 1.807) is 6.29 Å². The van der Waals surface area contributed by atoms with E-state index in [0.717, 1.165) is 6.42 Å². The number of benzene rings is 1. The highest BCUT2D eigenvalue weighted by Gasteiger charge is 2.03. The Hall–Kier alpha value is -1.15.